The molecule has 0 radical (unpaired) electrons. The second-order valence-electron chi connectivity index (χ2n) is 15.1. The van der Waals surface area contributed by atoms with Gasteiger partial charge in [-0.1, -0.05) is 161 Å². The zero-order valence-electron chi connectivity index (χ0n) is 33.2. The van der Waals surface area contributed by atoms with Crippen LogP contribution >= 0.6 is 23.5 Å². The first-order valence-electron chi connectivity index (χ1n) is 21.2. The summed E-state index contributed by atoms with van der Waals surface area (Å²) in [6.45, 7) is 6.79. The number of unbranched alkanes of at least 4 members (excludes halogenated alkanes) is 18. The van der Waals surface area contributed by atoms with Crippen LogP contribution in [0.5, 0.6) is 17.2 Å². The van der Waals surface area contributed by atoms with Crippen molar-refractivity contribution in [3.05, 3.63) is 76.3 Å². The molecule has 0 aliphatic heterocycles. The average Bonchev–Trinajstić information content (AvgIpc) is 3.15. The van der Waals surface area contributed by atoms with E-state index < -0.39 is 0 Å². The molecule has 0 aliphatic rings. The number of phenols is 3. The minimum absolute atomic E-state index is 0.315. The standard InChI is InChI=1S/C47H72O3S2/c1-4-7-10-13-16-19-22-25-38-28-30-43(48)45(34-38)51-36-41-32-40(27-24-21-18-15-12-9-6-3)33-42(47(41)50)37-52-46-35-39(29-31-44(46)49)26-23-20-17-14-11-8-5-2/h28-35,48-50H,4-27,36-37H2,1-3H3. The molecule has 5 heteroatoms. The van der Waals surface area contributed by atoms with Crippen molar-refractivity contribution < 1.29 is 15.3 Å². The van der Waals surface area contributed by atoms with Crippen LogP contribution in [-0.2, 0) is 30.8 Å². The van der Waals surface area contributed by atoms with Crippen LogP contribution in [0.4, 0.5) is 0 Å². The Labute approximate surface area is 327 Å². The molecule has 0 bridgehead atoms. The van der Waals surface area contributed by atoms with Gasteiger partial charge in [0.2, 0.25) is 0 Å². The van der Waals surface area contributed by atoms with Crippen molar-refractivity contribution in [3.63, 3.8) is 0 Å². The van der Waals surface area contributed by atoms with E-state index in [-0.39, 0.29) is 0 Å². The van der Waals surface area contributed by atoms with E-state index in [2.05, 4.69) is 57.2 Å². The lowest BCUT2D eigenvalue weighted by molar-refractivity contribution is 0.461. The number of aryl methyl sites for hydroxylation is 3. The highest BCUT2D eigenvalue weighted by Crippen LogP contribution is 2.39. The van der Waals surface area contributed by atoms with E-state index in [1.54, 1.807) is 23.5 Å². The Morgan fingerprint density at radius 1 is 0.385 bits per heavy atom. The zero-order chi connectivity index (χ0) is 37.2. The Morgan fingerprint density at radius 3 is 1.08 bits per heavy atom. The van der Waals surface area contributed by atoms with E-state index >= 15 is 0 Å². The van der Waals surface area contributed by atoms with E-state index in [1.807, 2.05) is 12.1 Å². The second kappa shape index (κ2) is 27.4. The fourth-order valence-electron chi connectivity index (χ4n) is 7.03. The van der Waals surface area contributed by atoms with Crippen molar-refractivity contribution in [2.45, 2.75) is 196 Å². The van der Waals surface area contributed by atoms with Crippen molar-refractivity contribution in [1.82, 2.24) is 0 Å². The summed E-state index contributed by atoms with van der Waals surface area (Å²) >= 11 is 3.23. The molecule has 0 spiro atoms. The topological polar surface area (TPSA) is 60.7 Å². The third kappa shape index (κ3) is 17.7. The number of thioether (sulfide) groups is 2. The Kier molecular flexibility index (Phi) is 23.2. The van der Waals surface area contributed by atoms with Crippen LogP contribution in [0.2, 0.25) is 0 Å². The lowest BCUT2D eigenvalue weighted by atomic mass is 10.00. The molecule has 52 heavy (non-hydrogen) atoms. The molecule has 0 saturated carbocycles. The summed E-state index contributed by atoms with van der Waals surface area (Å²) in [5.74, 6) is 2.18. The summed E-state index contributed by atoms with van der Waals surface area (Å²) in [5, 5.41) is 33.1. The first-order valence-corrected chi connectivity index (χ1v) is 23.1. The molecule has 0 fully saturated rings. The fourth-order valence-corrected chi connectivity index (χ4v) is 8.99. The number of hydrogen-bond acceptors (Lipinski definition) is 5. The van der Waals surface area contributed by atoms with Gasteiger partial charge < -0.3 is 15.3 Å². The molecular formula is C47H72O3S2. The van der Waals surface area contributed by atoms with Crippen LogP contribution in [-0.4, -0.2) is 15.3 Å². The minimum atomic E-state index is 0.315. The van der Waals surface area contributed by atoms with Gasteiger partial charge in [0, 0.05) is 32.4 Å². The van der Waals surface area contributed by atoms with Gasteiger partial charge in [-0.3, -0.25) is 0 Å². The van der Waals surface area contributed by atoms with Gasteiger partial charge in [0.1, 0.15) is 17.2 Å². The predicted molar refractivity (Wildman–Crippen MR) is 229 cm³/mol. The Hall–Kier alpha value is -2.24. The molecule has 3 aromatic rings. The number of aromatic hydroxyl groups is 3. The Morgan fingerprint density at radius 2 is 0.712 bits per heavy atom. The molecule has 0 heterocycles. The van der Waals surface area contributed by atoms with E-state index in [0.717, 1.165) is 46.6 Å². The van der Waals surface area contributed by atoms with Gasteiger partial charge in [-0.25, -0.2) is 0 Å². The van der Waals surface area contributed by atoms with Gasteiger partial charge in [-0.2, -0.15) is 0 Å². The molecule has 0 amide bonds. The van der Waals surface area contributed by atoms with E-state index in [0.29, 0.717) is 28.8 Å². The predicted octanol–water partition coefficient (Wildman–Crippen LogP) is 15.3. The highest BCUT2D eigenvalue weighted by atomic mass is 32.2. The molecular weight excluding hydrogens is 677 g/mol. The molecule has 0 atom stereocenters. The normalized spacial score (nSPS) is 11.4. The summed E-state index contributed by atoms with van der Waals surface area (Å²) in [6.07, 6.45) is 30.1. The van der Waals surface area contributed by atoms with Crippen LogP contribution < -0.4 is 0 Å². The second-order valence-corrected chi connectivity index (χ2v) is 17.1. The van der Waals surface area contributed by atoms with Crippen molar-refractivity contribution in [2.24, 2.45) is 0 Å². The van der Waals surface area contributed by atoms with Crippen molar-refractivity contribution in [3.8, 4) is 17.2 Å². The maximum absolute atomic E-state index is 11.6. The van der Waals surface area contributed by atoms with Crippen molar-refractivity contribution in [1.29, 1.82) is 0 Å². The number of benzene rings is 3. The number of hydrogen-bond donors (Lipinski definition) is 3. The van der Waals surface area contributed by atoms with Gasteiger partial charge in [0.05, 0.1) is 0 Å². The molecule has 0 unspecified atom stereocenters. The van der Waals surface area contributed by atoms with Crippen molar-refractivity contribution in [2.75, 3.05) is 0 Å². The monoisotopic (exact) mass is 748 g/mol. The summed E-state index contributed by atoms with van der Waals surface area (Å²) in [4.78, 5) is 1.77. The van der Waals surface area contributed by atoms with Crippen LogP contribution in [0.1, 0.15) is 183 Å². The largest absolute Gasteiger partial charge is 0.507 e. The number of rotatable bonds is 30. The maximum atomic E-state index is 11.6. The Balaban J connectivity index is 1.66. The fraction of sp³-hybridized carbons (Fsp3) is 0.617. The summed E-state index contributed by atoms with van der Waals surface area (Å²) < 4.78 is 0. The minimum Gasteiger partial charge on any atom is -0.507 e. The number of phenolic OH excluding ortho intramolecular Hbond substituents is 3. The molecule has 3 N–H and O–H groups in total. The summed E-state index contributed by atoms with van der Waals surface area (Å²) in [6, 6.07) is 16.5. The van der Waals surface area contributed by atoms with Gasteiger partial charge in [-0.05, 0) is 79.5 Å². The van der Waals surface area contributed by atoms with Crippen LogP contribution in [0.25, 0.3) is 0 Å². The summed E-state index contributed by atoms with van der Waals surface area (Å²) in [5.41, 5.74) is 5.67. The first-order chi connectivity index (χ1) is 25.4. The van der Waals surface area contributed by atoms with E-state index in [9.17, 15) is 15.3 Å². The molecule has 0 aliphatic carbocycles. The quantitative estimate of drug-likeness (QED) is 0.0468. The molecule has 3 rings (SSSR count). The van der Waals surface area contributed by atoms with E-state index in [1.165, 1.54) is 145 Å². The molecule has 0 saturated heterocycles. The van der Waals surface area contributed by atoms with Crippen LogP contribution in [0.15, 0.2) is 58.3 Å². The molecule has 3 nitrogen and oxygen atoms in total. The summed E-state index contributed by atoms with van der Waals surface area (Å²) in [7, 11) is 0. The van der Waals surface area contributed by atoms with Crippen LogP contribution in [0.3, 0.4) is 0 Å². The van der Waals surface area contributed by atoms with Gasteiger partial charge in [0.15, 0.2) is 0 Å². The first kappa shape index (κ1) is 44.2. The lowest BCUT2D eigenvalue weighted by Crippen LogP contribution is -1.96. The highest BCUT2D eigenvalue weighted by Gasteiger charge is 2.14. The Bertz CT molecular complexity index is 1290. The molecule has 3 aromatic carbocycles. The molecule has 0 aromatic heterocycles. The maximum Gasteiger partial charge on any atom is 0.129 e. The lowest BCUT2D eigenvalue weighted by Gasteiger charge is -2.15. The third-order valence-corrected chi connectivity index (χ3v) is 12.5. The van der Waals surface area contributed by atoms with Gasteiger partial charge in [0.25, 0.3) is 0 Å². The van der Waals surface area contributed by atoms with Gasteiger partial charge in [-0.15, -0.1) is 23.5 Å². The SMILES string of the molecule is CCCCCCCCCc1cc(CSc2cc(CCCCCCCCC)ccc2O)c(O)c(CSc2cc(CCCCCCCCC)ccc2O)c1. The average molecular weight is 749 g/mol. The van der Waals surface area contributed by atoms with Crippen molar-refractivity contribution >= 4 is 23.5 Å². The molecule has 290 valence electrons. The van der Waals surface area contributed by atoms with E-state index in [4.69, 9.17) is 0 Å². The third-order valence-electron chi connectivity index (χ3n) is 10.3. The smallest absolute Gasteiger partial charge is 0.129 e. The zero-order valence-corrected chi connectivity index (χ0v) is 34.8. The highest BCUT2D eigenvalue weighted by molar-refractivity contribution is 7.99. The van der Waals surface area contributed by atoms with Crippen LogP contribution in [0, 0.1) is 0 Å². The van der Waals surface area contributed by atoms with Gasteiger partial charge >= 0.3 is 0 Å².